The first-order chi connectivity index (χ1) is 14.7. The highest BCUT2D eigenvalue weighted by Crippen LogP contribution is 2.15. The van der Waals surface area contributed by atoms with Crippen LogP contribution in [-0.4, -0.2) is 102 Å². The van der Waals surface area contributed by atoms with Gasteiger partial charge in [0.15, 0.2) is 0 Å². The monoisotopic (exact) mass is 464 g/mol. The van der Waals surface area contributed by atoms with Gasteiger partial charge in [0, 0.05) is 4.47 Å². The van der Waals surface area contributed by atoms with Crippen molar-refractivity contribution in [1.82, 2.24) is 0 Å². The molecule has 0 fully saturated rings. The van der Waals surface area contributed by atoms with Crippen LogP contribution in [0.15, 0.2) is 4.47 Å². The van der Waals surface area contributed by atoms with Crippen LogP contribution in [0, 0.1) is 0 Å². The van der Waals surface area contributed by atoms with Crippen LogP contribution in [-0.2, 0) is 0 Å². The maximum absolute atomic E-state index is 3.89. The Bertz CT molecular complexity index is 1130. The summed E-state index contributed by atoms with van der Waals surface area (Å²) in [6.45, 7) is 0. The topological polar surface area (TPSA) is 0 Å². The van der Waals surface area contributed by atoms with Crippen LogP contribution in [0.1, 0.15) is 0 Å². The van der Waals surface area contributed by atoms with Crippen LogP contribution < -0.4 is 71.0 Å². The van der Waals surface area contributed by atoms with E-state index in [1.165, 1.54) is 97.7 Å². The quantitative estimate of drug-likeness (QED) is 0.332. The van der Waals surface area contributed by atoms with E-state index in [0.29, 0.717) is 0 Å². The summed E-state index contributed by atoms with van der Waals surface area (Å²) in [7, 11) is 29.7. The summed E-state index contributed by atoms with van der Waals surface area (Å²) >= 11 is 3.89. The van der Waals surface area contributed by atoms with Crippen LogP contribution in [0.2, 0.25) is 0 Å². The van der Waals surface area contributed by atoms with Gasteiger partial charge in [-0.05, 0) is 22.3 Å². The Kier molecular flexibility index (Phi) is 7.18. The molecule has 3 aromatic rings. The highest BCUT2D eigenvalue weighted by Gasteiger charge is 2.23. The highest BCUT2D eigenvalue weighted by molar-refractivity contribution is 9.10. The van der Waals surface area contributed by atoms with Crippen molar-refractivity contribution in [3.05, 3.63) is 4.47 Å². The summed E-state index contributed by atoms with van der Waals surface area (Å²) in [4.78, 5) is 0. The summed E-state index contributed by atoms with van der Waals surface area (Å²) in [6, 6.07) is 0. The van der Waals surface area contributed by atoms with Crippen LogP contribution in [0.5, 0.6) is 0 Å². The second kappa shape index (κ2) is 8.97. The number of benzene rings is 3. The molecule has 0 atom stereocenters. The molecule has 32 heavy (non-hydrogen) atoms. The normalized spacial score (nSPS) is 11.0. The molecule has 0 spiro atoms. The van der Waals surface area contributed by atoms with E-state index in [1.54, 1.807) is 0 Å². The molecular weight excluding hydrogens is 437 g/mol. The minimum absolute atomic E-state index is 1.24. The van der Waals surface area contributed by atoms with Crippen LogP contribution >= 0.6 is 15.9 Å². The fourth-order valence-corrected chi connectivity index (χ4v) is 6.11. The third kappa shape index (κ3) is 3.64. The van der Waals surface area contributed by atoms with Crippen molar-refractivity contribution in [1.29, 1.82) is 0 Å². The second-order valence-electron chi connectivity index (χ2n) is 9.94. The standard InChI is InChI=1S/C18H26B13Br/c19-5-1(2-9(23)13(27)16(30)14(28)10(2)24)6(20)8(22)3(7(5)21)4-11(25)15(29)17(31)18(32)12(4)26/h19-31H2. The summed E-state index contributed by atoms with van der Waals surface area (Å²) < 4.78 is 1.24. The molecule has 0 aliphatic carbocycles. The van der Waals surface area contributed by atoms with Crippen LogP contribution in [0.4, 0.5) is 0 Å². The largest absolute Gasteiger partial charge is 0.141 e. The van der Waals surface area contributed by atoms with Crippen LogP contribution in [0.3, 0.4) is 0 Å². The van der Waals surface area contributed by atoms with Gasteiger partial charge in [0.2, 0.25) is 0 Å². The molecule has 144 valence electrons. The molecule has 0 nitrogen and oxygen atoms in total. The maximum atomic E-state index is 3.89. The molecule has 0 bridgehead atoms. The fourth-order valence-electron chi connectivity index (χ4n) is 5.62. The van der Waals surface area contributed by atoms with Crippen molar-refractivity contribution >= 4 is 189 Å². The van der Waals surface area contributed by atoms with Gasteiger partial charge < -0.3 is 0 Å². The van der Waals surface area contributed by atoms with Gasteiger partial charge >= 0.3 is 0 Å². The van der Waals surface area contributed by atoms with E-state index >= 15 is 0 Å². The van der Waals surface area contributed by atoms with Gasteiger partial charge in [-0.1, -0.05) is 70.6 Å². The first-order valence-electron chi connectivity index (χ1n) is 11.7. The second-order valence-corrected chi connectivity index (χ2v) is 10.7. The summed E-state index contributed by atoms with van der Waals surface area (Å²) in [5.41, 5.74) is 23.9. The van der Waals surface area contributed by atoms with E-state index < -0.39 is 0 Å². The predicted octanol–water partition coefficient (Wildman–Crippen LogP) is -16.9. The summed E-state index contributed by atoms with van der Waals surface area (Å²) in [6.07, 6.45) is 0. The number of halogens is 1. The van der Waals surface area contributed by atoms with E-state index in [9.17, 15) is 0 Å². The highest BCUT2D eigenvalue weighted by atomic mass is 79.9. The van der Waals surface area contributed by atoms with Crippen LogP contribution in [0.25, 0.3) is 22.3 Å². The Balaban J connectivity index is 2.50. The lowest BCUT2D eigenvalue weighted by atomic mass is 9.55. The van der Waals surface area contributed by atoms with Gasteiger partial charge in [-0.2, -0.15) is 0 Å². The molecule has 3 rings (SSSR count). The van der Waals surface area contributed by atoms with Crippen molar-refractivity contribution < 1.29 is 0 Å². The zero-order chi connectivity index (χ0) is 24.4. The molecule has 0 heterocycles. The molecule has 0 N–H and O–H groups in total. The Hall–Kier alpha value is -1.02. The lowest BCUT2D eigenvalue weighted by Crippen LogP contribution is -2.57. The molecule has 0 aliphatic heterocycles. The van der Waals surface area contributed by atoms with Gasteiger partial charge in [-0.3, -0.25) is 0 Å². The average Bonchev–Trinajstić information content (AvgIpc) is 2.76. The van der Waals surface area contributed by atoms with Crippen molar-refractivity contribution in [2.24, 2.45) is 0 Å². The molecule has 0 saturated heterocycles. The zero-order valence-electron chi connectivity index (χ0n) is 22.4. The zero-order valence-corrected chi connectivity index (χ0v) is 24.0. The Morgan fingerprint density at radius 3 is 0.750 bits per heavy atom. The molecule has 0 radical (unpaired) electrons. The third-order valence-corrected chi connectivity index (χ3v) is 9.85. The van der Waals surface area contributed by atoms with Crippen molar-refractivity contribution in [2.45, 2.75) is 0 Å². The first-order valence-corrected chi connectivity index (χ1v) is 12.5. The Morgan fingerprint density at radius 2 is 0.438 bits per heavy atom. The van der Waals surface area contributed by atoms with E-state index in [2.05, 4.69) is 118 Å². The van der Waals surface area contributed by atoms with Gasteiger partial charge in [0.25, 0.3) is 0 Å². The number of hydrogen-bond donors (Lipinski definition) is 0. The predicted molar refractivity (Wildman–Crippen MR) is 191 cm³/mol. The minimum Gasteiger partial charge on any atom is -0.102 e. The minimum atomic E-state index is 1.24. The molecule has 0 aliphatic rings. The van der Waals surface area contributed by atoms with E-state index in [1.807, 2.05) is 0 Å². The van der Waals surface area contributed by atoms with Gasteiger partial charge in [-0.15, -0.1) is 16.4 Å². The maximum Gasteiger partial charge on any atom is 0.141 e. The molecular formula is C18H26B13Br. The first kappa shape index (κ1) is 25.6. The SMILES string of the molecule is Bc1c(B)c(B)c(-c2c(B)c(B)c(-c3c(B)c(B)c(B)c(Br)c3B)c(B)c2B)c(B)c1B. The molecule has 0 saturated carbocycles. The smallest absolute Gasteiger partial charge is 0.102 e. The lowest BCUT2D eigenvalue weighted by molar-refractivity contribution is 1.81. The van der Waals surface area contributed by atoms with Crippen molar-refractivity contribution in [3.8, 4) is 22.3 Å². The van der Waals surface area contributed by atoms with Crippen molar-refractivity contribution in [2.75, 3.05) is 0 Å². The molecule has 0 amide bonds. The lowest BCUT2D eigenvalue weighted by Gasteiger charge is -2.29. The fraction of sp³-hybridized carbons (Fsp3) is 0. The molecule has 0 unspecified atom stereocenters. The van der Waals surface area contributed by atoms with Crippen molar-refractivity contribution in [3.63, 3.8) is 0 Å². The van der Waals surface area contributed by atoms with E-state index in [4.69, 9.17) is 0 Å². The third-order valence-electron chi connectivity index (χ3n) is 8.66. The summed E-state index contributed by atoms with van der Waals surface area (Å²) in [5.74, 6) is 0. The van der Waals surface area contributed by atoms with Gasteiger partial charge in [0.05, 0.1) is 0 Å². The average molecular weight is 463 g/mol. The molecule has 0 aromatic heterocycles. The molecule has 14 heteroatoms. The van der Waals surface area contributed by atoms with E-state index in [-0.39, 0.29) is 0 Å². The summed E-state index contributed by atoms with van der Waals surface area (Å²) in [5, 5.41) is 0. The Morgan fingerprint density at radius 1 is 0.250 bits per heavy atom. The molecule has 3 aromatic carbocycles. The van der Waals surface area contributed by atoms with E-state index in [0.717, 1.165) is 0 Å². The number of rotatable bonds is 2. The Labute approximate surface area is 214 Å². The number of hydrogen-bond acceptors (Lipinski definition) is 0. The van der Waals surface area contributed by atoms with Gasteiger partial charge in [-0.25, -0.2) is 0 Å². The van der Waals surface area contributed by atoms with Gasteiger partial charge in [0.1, 0.15) is 102 Å².